The molecule has 0 bridgehead atoms. The highest BCUT2D eigenvalue weighted by Gasteiger charge is 2.44. The third-order valence-electron chi connectivity index (χ3n) is 5.86. The molecule has 0 spiro atoms. The van der Waals surface area contributed by atoms with Gasteiger partial charge in [-0.05, 0) is 18.6 Å². The van der Waals surface area contributed by atoms with Crippen LogP contribution >= 0.6 is 0 Å². The normalized spacial score (nSPS) is 22.1. The minimum atomic E-state index is -3.96. The summed E-state index contributed by atoms with van der Waals surface area (Å²) in [4.78, 5) is 31.9. The number of ether oxygens (including phenoxy) is 1. The maximum absolute atomic E-state index is 12.4. The molecule has 0 saturated carbocycles. The second-order valence-corrected chi connectivity index (χ2v) is 10.00. The SMILES string of the molecule is Nc1ccnc2c1ncn2[C@@H]1O[C@H](CNS(=O)(=O)/C=C/CCC(=O)c2ccccc2C(=O)O)[C@@H](O)[C@H]1O. The van der Waals surface area contributed by atoms with E-state index in [1.807, 2.05) is 0 Å². The number of anilines is 1. The van der Waals surface area contributed by atoms with Crippen molar-refractivity contribution in [1.82, 2.24) is 19.3 Å². The van der Waals surface area contributed by atoms with E-state index in [0.717, 1.165) is 5.41 Å². The number of allylic oxidation sites excluding steroid dienone is 1. The van der Waals surface area contributed by atoms with Crippen molar-refractivity contribution in [1.29, 1.82) is 0 Å². The Labute approximate surface area is 211 Å². The van der Waals surface area contributed by atoms with Crippen LogP contribution in [-0.2, 0) is 14.8 Å². The van der Waals surface area contributed by atoms with Gasteiger partial charge in [0, 0.05) is 30.1 Å². The summed E-state index contributed by atoms with van der Waals surface area (Å²) < 4.78 is 34.1. The summed E-state index contributed by atoms with van der Waals surface area (Å²) in [5, 5.41) is 31.0. The molecular weight excluding hydrogens is 506 g/mol. The number of nitrogens with one attached hydrogen (secondary N) is 1. The summed E-state index contributed by atoms with van der Waals surface area (Å²) in [6, 6.07) is 7.35. The molecule has 1 saturated heterocycles. The number of carbonyl (C=O) groups is 2. The number of pyridine rings is 1. The second-order valence-electron chi connectivity index (χ2n) is 8.35. The quantitative estimate of drug-likeness (QED) is 0.227. The number of imidazole rings is 1. The molecule has 13 nitrogen and oxygen atoms in total. The van der Waals surface area contributed by atoms with Crippen molar-refractivity contribution in [3.05, 3.63) is 65.5 Å². The van der Waals surface area contributed by atoms with Gasteiger partial charge < -0.3 is 25.8 Å². The fourth-order valence-corrected chi connectivity index (χ4v) is 4.85. The number of fused-ring (bicyclic) bond motifs is 1. The number of nitrogen functional groups attached to an aromatic ring is 1. The number of nitrogens with zero attached hydrogens (tertiary/aromatic N) is 3. The van der Waals surface area contributed by atoms with Crippen LogP contribution in [0.25, 0.3) is 11.2 Å². The van der Waals surface area contributed by atoms with Gasteiger partial charge in [0.2, 0.25) is 10.0 Å². The maximum Gasteiger partial charge on any atom is 0.336 e. The molecule has 3 aromatic rings. The lowest BCUT2D eigenvalue weighted by atomic mass is 10.0. The summed E-state index contributed by atoms with van der Waals surface area (Å²) in [6.45, 7) is -0.339. The molecule has 1 fully saturated rings. The topological polar surface area (TPSA) is 207 Å². The molecule has 14 heteroatoms. The minimum absolute atomic E-state index is 0.0495. The molecule has 2 aromatic heterocycles. The van der Waals surface area contributed by atoms with Crippen LogP contribution in [0.5, 0.6) is 0 Å². The minimum Gasteiger partial charge on any atom is -0.478 e. The predicted octanol–water partition coefficient (Wildman–Crippen LogP) is 0.427. The van der Waals surface area contributed by atoms with E-state index < -0.39 is 46.3 Å². The van der Waals surface area contributed by atoms with Gasteiger partial charge in [-0.1, -0.05) is 24.3 Å². The van der Waals surface area contributed by atoms with Crippen molar-refractivity contribution in [2.24, 2.45) is 0 Å². The van der Waals surface area contributed by atoms with Gasteiger partial charge in [0.25, 0.3) is 0 Å². The van der Waals surface area contributed by atoms with Gasteiger partial charge in [-0.3, -0.25) is 9.36 Å². The first-order chi connectivity index (χ1) is 17.6. The number of Topliss-reactive ketones (excluding diaryl/α,β-unsaturated/α-hetero) is 1. The molecule has 37 heavy (non-hydrogen) atoms. The highest BCUT2D eigenvalue weighted by Crippen LogP contribution is 2.32. The molecule has 0 amide bonds. The first kappa shape index (κ1) is 26.4. The summed E-state index contributed by atoms with van der Waals surface area (Å²) in [6.07, 6.45) is -0.875. The third-order valence-corrected chi connectivity index (χ3v) is 6.98. The van der Waals surface area contributed by atoms with Crippen molar-refractivity contribution < 1.29 is 38.1 Å². The van der Waals surface area contributed by atoms with E-state index in [2.05, 4.69) is 14.7 Å². The van der Waals surface area contributed by atoms with Crippen molar-refractivity contribution in [2.45, 2.75) is 37.4 Å². The highest BCUT2D eigenvalue weighted by molar-refractivity contribution is 7.92. The van der Waals surface area contributed by atoms with Crippen molar-refractivity contribution in [3.63, 3.8) is 0 Å². The van der Waals surface area contributed by atoms with Gasteiger partial charge in [-0.25, -0.2) is 27.9 Å². The summed E-state index contributed by atoms with van der Waals surface area (Å²) in [5.74, 6) is -1.66. The number of carbonyl (C=O) groups excluding carboxylic acids is 1. The number of carboxylic acid groups (broad SMARTS) is 1. The van der Waals surface area contributed by atoms with Gasteiger partial charge in [0.1, 0.15) is 23.8 Å². The molecule has 0 radical (unpaired) electrons. The van der Waals surface area contributed by atoms with E-state index in [-0.39, 0.29) is 30.5 Å². The van der Waals surface area contributed by atoms with E-state index >= 15 is 0 Å². The standard InChI is InChI=1S/C23H25N5O8S/c24-15-8-9-25-21-18(15)26-12-28(21)22-20(31)19(30)17(36-22)11-27-37(34,35)10-4-3-7-16(29)13-5-1-2-6-14(13)23(32)33/h1-2,4-6,8-10,12,17,19-20,22,27,30-31H,3,7,11H2,(H2,24,25)(H,32,33)/b10-4+/t17-,19-,20-,22-/m1/s1. The number of ketones is 1. The lowest BCUT2D eigenvalue weighted by molar-refractivity contribution is -0.0329. The first-order valence-corrected chi connectivity index (χ1v) is 12.7. The molecule has 1 aromatic carbocycles. The Morgan fingerprint density at radius 3 is 2.59 bits per heavy atom. The molecule has 1 aliphatic rings. The Bertz CT molecular complexity index is 1450. The van der Waals surface area contributed by atoms with Crippen molar-refractivity contribution in [3.8, 4) is 0 Å². The van der Waals surface area contributed by atoms with Crippen LogP contribution in [0.1, 0.15) is 39.8 Å². The van der Waals surface area contributed by atoms with Gasteiger partial charge in [0.15, 0.2) is 17.7 Å². The number of aliphatic hydroxyl groups excluding tert-OH is 2. The zero-order valence-corrected chi connectivity index (χ0v) is 20.2. The van der Waals surface area contributed by atoms with Gasteiger partial charge in [-0.15, -0.1) is 0 Å². The second kappa shape index (κ2) is 10.7. The maximum atomic E-state index is 12.4. The van der Waals surface area contributed by atoms with Crippen LogP contribution in [0.4, 0.5) is 5.69 Å². The Hall–Kier alpha value is -3.69. The Balaban J connectivity index is 1.33. The number of nitrogens with two attached hydrogens (primary N) is 1. The molecule has 196 valence electrons. The summed E-state index contributed by atoms with van der Waals surface area (Å²) in [7, 11) is -3.96. The van der Waals surface area contributed by atoms with Crippen LogP contribution in [0.3, 0.4) is 0 Å². The number of hydrogen-bond acceptors (Lipinski definition) is 10. The van der Waals surface area contributed by atoms with Gasteiger partial charge in [-0.2, -0.15) is 0 Å². The average Bonchev–Trinajstić information content (AvgIpc) is 3.42. The molecule has 4 atom stereocenters. The number of carboxylic acids is 1. The lowest BCUT2D eigenvalue weighted by Crippen LogP contribution is -2.39. The van der Waals surface area contributed by atoms with Gasteiger partial charge >= 0.3 is 5.97 Å². The van der Waals surface area contributed by atoms with Crippen LogP contribution in [0, 0.1) is 0 Å². The highest BCUT2D eigenvalue weighted by atomic mass is 32.2. The number of aromatic nitrogens is 3. The Morgan fingerprint density at radius 2 is 1.86 bits per heavy atom. The molecule has 1 aliphatic heterocycles. The zero-order valence-electron chi connectivity index (χ0n) is 19.3. The number of aromatic carboxylic acids is 1. The number of aliphatic hydroxyl groups is 2. The lowest BCUT2D eigenvalue weighted by Gasteiger charge is -2.16. The predicted molar refractivity (Wildman–Crippen MR) is 131 cm³/mol. The molecule has 3 heterocycles. The van der Waals surface area contributed by atoms with E-state index in [1.165, 1.54) is 41.4 Å². The average molecular weight is 532 g/mol. The Morgan fingerprint density at radius 1 is 1.14 bits per heavy atom. The van der Waals surface area contributed by atoms with Crippen LogP contribution in [-0.4, -0.2) is 74.9 Å². The van der Waals surface area contributed by atoms with E-state index in [4.69, 9.17) is 10.5 Å². The molecule has 0 unspecified atom stereocenters. The first-order valence-electron chi connectivity index (χ1n) is 11.2. The van der Waals surface area contributed by atoms with Crippen LogP contribution < -0.4 is 10.5 Å². The molecule has 6 N–H and O–H groups in total. The van der Waals surface area contributed by atoms with Crippen LogP contribution in [0.2, 0.25) is 0 Å². The van der Waals surface area contributed by atoms with Crippen LogP contribution in [0.15, 0.2) is 54.3 Å². The summed E-state index contributed by atoms with van der Waals surface area (Å²) >= 11 is 0. The third kappa shape index (κ3) is 5.68. The largest absolute Gasteiger partial charge is 0.478 e. The van der Waals surface area contributed by atoms with Crippen molar-refractivity contribution >= 4 is 38.6 Å². The van der Waals surface area contributed by atoms with Gasteiger partial charge in [0.05, 0.1) is 17.6 Å². The van der Waals surface area contributed by atoms with Crippen molar-refractivity contribution in [2.75, 3.05) is 12.3 Å². The smallest absolute Gasteiger partial charge is 0.336 e. The fourth-order valence-electron chi connectivity index (χ4n) is 3.97. The van der Waals surface area contributed by atoms with E-state index in [0.29, 0.717) is 16.9 Å². The number of benzene rings is 1. The van der Waals surface area contributed by atoms with E-state index in [9.17, 15) is 33.3 Å². The number of hydrogen-bond donors (Lipinski definition) is 5. The number of sulfonamides is 1. The molecule has 4 rings (SSSR count). The zero-order chi connectivity index (χ0) is 26.7. The summed E-state index contributed by atoms with van der Waals surface area (Å²) in [5.41, 5.74) is 6.91. The fraction of sp³-hybridized carbons (Fsp3) is 0.304. The van der Waals surface area contributed by atoms with E-state index in [1.54, 1.807) is 12.1 Å². The number of rotatable bonds is 10. The molecular formula is C23H25N5O8S. The Kier molecular flexibility index (Phi) is 7.65. The molecule has 0 aliphatic carbocycles. The monoisotopic (exact) mass is 531 g/mol.